The highest BCUT2D eigenvalue weighted by atomic mass is 79.9. The lowest BCUT2D eigenvalue weighted by atomic mass is 9.77. The molecule has 46 heavy (non-hydrogen) atoms. The molecule has 2 aromatic carbocycles. The van der Waals surface area contributed by atoms with E-state index in [0.717, 1.165) is 56.0 Å². The van der Waals surface area contributed by atoms with Crippen LogP contribution in [0.25, 0.3) is 11.0 Å². The number of hydrogen-bond acceptors (Lipinski definition) is 11. The number of likely N-dealkylation sites (tertiary alicyclic amines) is 1. The van der Waals surface area contributed by atoms with Crippen molar-refractivity contribution in [2.75, 3.05) is 62.2 Å². The quantitative estimate of drug-likeness (QED) is 0.187. The predicted molar refractivity (Wildman–Crippen MR) is 188 cm³/mol. The molecule has 240 valence electrons. The maximum atomic E-state index is 13.4. The molecule has 4 aromatic rings. The molecule has 0 aliphatic carbocycles. The SMILES string of the molecule is COc1cc(N2CCC(N3CC(C)(CC#N)C3)CC2)c(C)cc1Nc1ncc(Br)c(Nc2ccc3nccnc3c2P(C)(C)=O)n1. The first-order chi connectivity index (χ1) is 22.0. The molecular formula is C33H39BrN9O2P. The van der Waals surface area contributed by atoms with Gasteiger partial charge in [0.2, 0.25) is 5.95 Å². The van der Waals surface area contributed by atoms with Gasteiger partial charge in [0.25, 0.3) is 0 Å². The number of anilines is 5. The van der Waals surface area contributed by atoms with Crippen LogP contribution in [0.3, 0.4) is 0 Å². The molecule has 2 saturated heterocycles. The second kappa shape index (κ2) is 12.8. The Morgan fingerprint density at radius 3 is 2.54 bits per heavy atom. The molecule has 2 aliphatic heterocycles. The van der Waals surface area contributed by atoms with E-state index in [0.29, 0.717) is 56.5 Å². The van der Waals surface area contributed by atoms with Gasteiger partial charge < -0.3 is 24.8 Å². The molecule has 0 saturated carbocycles. The fourth-order valence-corrected chi connectivity index (χ4v) is 8.37. The molecule has 2 fully saturated rings. The topological polar surface area (TPSA) is 132 Å². The maximum absolute atomic E-state index is 13.4. The van der Waals surface area contributed by atoms with Crippen LogP contribution in [0, 0.1) is 23.7 Å². The van der Waals surface area contributed by atoms with Crippen LogP contribution < -0.4 is 25.6 Å². The number of aryl methyl sites for hydroxylation is 1. The summed E-state index contributed by atoms with van der Waals surface area (Å²) in [5, 5.41) is 16.4. The number of hydrogen-bond donors (Lipinski definition) is 2. The van der Waals surface area contributed by atoms with Crippen molar-refractivity contribution < 1.29 is 9.30 Å². The van der Waals surface area contributed by atoms with Gasteiger partial charge in [-0.1, -0.05) is 6.92 Å². The summed E-state index contributed by atoms with van der Waals surface area (Å²) in [7, 11) is -1.07. The highest BCUT2D eigenvalue weighted by Crippen LogP contribution is 2.42. The summed E-state index contributed by atoms with van der Waals surface area (Å²) in [5.74, 6) is 1.60. The van der Waals surface area contributed by atoms with E-state index in [2.05, 4.69) is 83.4 Å². The first-order valence-electron chi connectivity index (χ1n) is 15.4. The van der Waals surface area contributed by atoms with Crippen molar-refractivity contribution in [2.24, 2.45) is 5.41 Å². The summed E-state index contributed by atoms with van der Waals surface area (Å²) in [4.78, 5) is 23.1. The Bertz CT molecular complexity index is 1860. The van der Waals surface area contributed by atoms with Crippen LogP contribution in [0.15, 0.2) is 47.3 Å². The van der Waals surface area contributed by atoms with E-state index < -0.39 is 7.14 Å². The van der Waals surface area contributed by atoms with Gasteiger partial charge in [0.05, 0.1) is 39.8 Å². The highest BCUT2D eigenvalue weighted by Gasteiger charge is 2.42. The minimum atomic E-state index is -2.74. The van der Waals surface area contributed by atoms with E-state index in [-0.39, 0.29) is 5.41 Å². The number of fused-ring (bicyclic) bond motifs is 1. The number of aromatic nitrogens is 4. The van der Waals surface area contributed by atoms with Gasteiger partial charge in [0, 0.05) is 74.4 Å². The lowest BCUT2D eigenvalue weighted by Crippen LogP contribution is -2.60. The van der Waals surface area contributed by atoms with Crippen molar-refractivity contribution in [3.05, 3.63) is 52.9 Å². The number of nitrogens with zero attached hydrogens (tertiary/aromatic N) is 7. The standard InChI is InChI=1S/C33H39BrN9O2P/c1-21-16-26(28(45-3)17-27(21)42-14-8-22(9-15-42)43-19-33(2,20-43)10-11-35)40-32-38-18-23(34)31(41-32)39-25-7-6-24-29(37-13-12-36-24)30(25)46(4,5)44/h6-7,12-13,16-18,22H,8-10,14-15,19-20H2,1-5H3,(H2,38,39,40,41). The molecule has 6 rings (SSSR count). The summed E-state index contributed by atoms with van der Waals surface area (Å²) < 4.78 is 19.9. The van der Waals surface area contributed by atoms with Gasteiger partial charge in [-0.05, 0) is 72.8 Å². The van der Waals surface area contributed by atoms with Crippen LogP contribution >= 0.6 is 23.1 Å². The number of benzene rings is 2. The molecule has 0 unspecified atom stereocenters. The van der Waals surface area contributed by atoms with Crippen LogP contribution in [-0.2, 0) is 4.57 Å². The molecule has 2 aromatic heterocycles. The zero-order valence-corrected chi connectivity index (χ0v) is 29.3. The Labute approximate surface area is 278 Å². The smallest absolute Gasteiger partial charge is 0.229 e. The van der Waals surface area contributed by atoms with Crippen molar-refractivity contribution in [3.63, 3.8) is 0 Å². The molecule has 13 heteroatoms. The van der Waals surface area contributed by atoms with E-state index in [9.17, 15) is 4.57 Å². The monoisotopic (exact) mass is 703 g/mol. The average Bonchev–Trinajstić information content (AvgIpc) is 3.01. The Hall–Kier alpha value is -3.78. The molecule has 0 spiro atoms. The van der Waals surface area contributed by atoms with Crippen LogP contribution in [-0.4, -0.2) is 77.5 Å². The minimum absolute atomic E-state index is 0.150. The number of ether oxygens (including phenoxy) is 1. The van der Waals surface area contributed by atoms with Gasteiger partial charge in [-0.25, -0.2) is 4.98 Å². The molecule has 2 N–H and O–H groups in total. The number of nitriles is 1. The van der Waals surface area contributed by atoms with Crippen molar-refractivity contribution in [3.8, 4) is 11.8 Å². The van der Waals surface area contributed by atoms with Gasteiger partial charge in [-0.3, -0.25) is 14.9 Å². The van der Waals surface area contributed by atoms with Gasteiger partial charge in [-0.15, -0.1) is 0 Å². The van der Waals surface area contributed by atoms with E-state index in [1.54, 1.807) is 39.0 Å². The normalized spacial score (nSPS) is 16.9. The highest BCUT2D eigenvalue weighted by molar-refractivity contribution is 9.10. The number of piperidine rings is 1. The van der Waals surface area contributed by atoms with Crippen LogP contribution in [0.5, 0.6) is 5.75 Å². The van der Waals surface area contributed by atoms with E-state index in [1.807, 2.05) is 12.1 Å². The summed E-state index contributed by atoms with van der Waals surface area (Å²) in [6.07, 6.45) is 7.74. The van der Waals surface area contributed by atoms with Crippen LogP contribution in [0.4, 0.5) is 28.8 Å². The molecule has 4 heterocycles. The fraction of sp³-hybridized carbons (Fsp3) is 0.424. The molecule has 0 bridgehead atoms. The number of rotatable bonds is 9. The van der Waals surface area contributed by atoms with E-state index >= 15 is 0 Å². The van der Waals surface area contributed by atoms with Gasteiger partial charge >= 0.3 is 0 Å². The molecule has 0 amide bonds. The molecule has 11 nitrogen and oxygen atoms in total. The molecule has 0 atom stereocenters. The lowest BCUT2D eigenvalue weighted by Gasteiger charge is -2.52. The maximum Gasteiger partial charge on any atom is 0.229 e. The minimum Gasteiger partial charge on any atom is -0.494 e. The van der Waals surface area contributed by atoms with Gasteiger partial charge in [0.15, 0.2) is 0 Å². The fourth-order valence-electron chi connectivity index (χ4n) is 6.68. The van der Waals surface area contributed by atoms with Crippen LogP contribution in [0.1, 0.15) is 31.7 Å². The van der Waals surface area contributed by atoms with Crippen LogP contribution in [0.2, 0.25) is 0 Å². The zero-order chi connectivity index (χ0) is 32.6. The summed E-state index contributed by atoms with van der Waals surface area (Å²) in [5.41, 5.74) is 5.14. The van der Waals surface area contributed by atoms with E-state index in [4.69, 9.17) is 15.0 Å². The first kappa shape index (κ1) is 32.2. The zero-order valence-electron chi connectivity index (χ0n) is 26.8. The van der Waals surface area contributed by atoms with Crippen molar-refractivity contribution in [1.29, 1.82) is 5.26 Å². The summed E-state index contributed by atoms with van der Waals surface area (Å²) in [6, 6.07) is 10.8. The Morgan fingerprint density at radius 2 is 1.85 bits per heavy atom. The van der Waals surface area contributed by atoms with Crippen molar-refractivity contribution in [1.82, 2.24) is 24.8 Å². The van der Waals surface area contributed by atoms with Gasteiger partial charge in [-0.2, -0.15) is 10.2 Å². The summed E-state index contributed by atoms with van der Waals surface area (Å²) in [6.45, 7) is 11.8. The Kier molecular flexibility index (Phi) is 8.94. The van der Waals surface area contributed by atoms with E-state index in [1.165, 1.54) is 0 Å². The number of halogens is 1. The second-order valence-electron chi connectivity index (χ2n) is 13.0. The number of methoxy groups -OCH3 is 1. The van der Waals surface area contributed by atoms with Crippen molar-refractivity contribution >= 4 is 68.2 Å². The molecule has 2 aliphatic rings. The third kappa shape index (κ3) is 6.55. The third-order valence-electron chi connectivity index (χ3n) is 8.91. The number of nitrogens with one attached hydrogen (secondary N) is 2. The molecular weight excluding hydrogens is 665 g/mol. The first-order valence-corrected chi connectivity index (χ1v) is 18.8. The lowest BCUT2D eigenvalue weighted by molar-refractivity contribution is -0.0226. The van der Waals surface area contributed by atoms with Gasteiger partial charge in [0.1, 0.15) is 24.2 Å². The second-order valence-corrected chi connectivity index (χ2v) is 17.0. The predicted octanol–water partition coefficient (Wildman–Crippen LogP) is 6.44. The molecule has 0 radical (unpaired) electrons. The van der Waals surface area contributed by atoms with Crippen molar-refractivity contribution in [2.45, 2.75) is 39.2 Å². The average molecular weight is 705 g/mol. The Balaban J connectivity index is 1.19. The summed E-state index contributed by atoms with van der Waals surface area (Å²) >= 11 is 3.57. The third-order valence-corrected chi connectivity index (χ3v) is 11.0. The Morgan fingerprint density at radius 1 is 1.11 bits per heavy atom. The largest absolute Gasteiger partial charge is 0.494 e.